The van der Waals surface area contributed by atoms with E-state index in [2.05, 4.69) is 10.6 Å². The van der Waals surface area contributed by atoms with Gasteiger partial charge in [0.2, 0.25) is 5.91 Å². The van der Waals surface area contributed by atoms with Crippen LogP contribution in [-0.2, 0) is 4.79 Å². The highest BCUT2D eigenvalue weighted by Crippen LogP contribution is 2.26. The van der Waals surface area contributed by atoms with Gasteiger partial charge in [-0.3, -0.25) is 4.79 Å². The molecule has 104 valence electrons. The second kappa shape index (κ2) is 6.80. The molecule has 0 radical (unpaired) electrons. The topological polar surface area (TPSA) is 41.1 Å². The highest BCUT2D eigenvalue weighted by molar-refractivity contribution is 7.99. The molecule has 2 N–H and O–H groups in total. The van der Waals surface area contributed by atoms with E-state index in [0.717, 1.165) is 12.8 Å². The Hall–Kier alpha value is -0.220. The zero-order valence-electron chi connectivity index (χ0n) is 11.6. The number of amides is 1. The summed E-state index contributed by atoms with van der Waals surface area (Å²) in [4.78, 5) is 12.0. The lowest BCUT2D eigenvalue weighted by Crippen LogP contribution is -2.45. The van der Waals surface area contributed by atoms with E-state index in [-0.39, 0.29) is 17.9 Å². The van der Waals surface area contributed by atoms with Crippen LogP contribution in [0.15, 0.2) is 0 Å². The standard InChI is InChI=1S/C14H26N2OS/c1-10(2)15-14(17)11-4-3-5-12(8-11)16-13-6-7-18-9-13/h10-13,16H,3-9H2,1-2H3,(H,15,17)/t11-,12-,13-/m1/s1. The number of hydrogen-bond donors (Lipinski definition) is 2. The summed E-state index contributed by atoms with van der Waals surface area (Å²) in [6, 6.07) is 1.51. The first-order valence-corrected chi connectivity index (χ1v) is 8.45. The van der Waals surface area contributed by atoms with Crippen molar-refractivity contribution in [3.05, 3.63) is 0 Å². The summed E-state index contributed by atoms with van der Waals surface area (Å²) in [7, 11) is 0. The number of carbonyl (C=O) groups is 1. The molecule has 0 aromatic rings. The van der Waals surface area contributed by atoms with Crippen LogP contribution in [0.4, 0.5) is 0 Å². The Balaban J connectivity index is 1.78. The number of nitrogens with one attached hydrogen (secondary N) is 2. The Kier molecular flexibility index (Phi) is 5.37. The van der Waals surface area contributed by atoms with Crippen molar-refractivity contribution in [1.29, 1.82) is 0 Å². The molecule has 0 aromatic heterocycles. The number of thioether (sulfide) groups is 1. The monoisotopic (exact) mass is 270 g/mol. The fourth-order valence-corrected chi connectivity index (χ4v) is 4.15. The average molecular weight is 270 g/mol. The summed E-state index contributed by atoms with van der Waals surface area (Å²) in [5, 5.41) is 6.81. The molecule has 2 fully saturated rings. The van der Waals surface area contributed by atoms with E-state index in [1.54, 1.807) is 0 Å². The van der Waals surface area contributed by atoms with Gasteiger partial charge < -0.3 is 10.6 Å². The first kappa shape index (κ1) is 14.2. The van der Waals surface area contributed by atoms with Crippen LogP contribution in [0.2, 0.25) is 0 Å². The normalized spacial score (nSPS) is 32.7. The van der Waals surface area contributed by atoms with E-state index in [0.29, 0.717) is 12.1 Å². The maximum atomic E-state index is 12.0. The molecule has 1 aliphatic heterocycles. The molecule has 4 heteroatoms. The molecule has 1 saturated heterocycles. The number of rotatable bonds is 4. The minimum atomic E-state index is 0.229. The van der Waals surface area contributed by atoms with E-state index < -0.39 is 0 Å². The van der Waals surface area contributed by atoms with E-state index in [1.165, 1.54) is 30.8 Å². The SMILES string of the molecule is CC(C)NC(=O)[C@@H]1CCC[C@@H](N[C@@H]2CCSC2)C1. The van der Waals surface area contributed by atoms with Crippen molar-refractivity contribution in [2.75, 3.05) is 11.5 Å². The molecule has 0 aromatic carbocycles. The van der Waals surface area contributed by atoms with Crippen molar-refractivity contribution >= 4 is 17.7 Å². The van der Waals surface area contributed by atoms with E-state index >= 15 is 0 Å². The molecule has 0 spiro atoms. The highest BCUT2D eigenvalue weighted by Gasteiger charge is 2.29. The largest absolute Gasteiger partial charge is 0.354 e. The molecule has 3 nitrogen and oxygen atoms in total. The molecule has 2 rings (SSSR count). The van der Waals surface area contributed by atoms with Gasteiger partial charge in [-0.15, -0.1) is 0 Å². The molecule has 0 unspecified atom stereocenters. The van der Waals surface area contributed by atoms with Gasteiger partial charge in [0, 0.05) is 29.8 Å². The maximum Gasteiger partial charge on any atom is 0.223 e. The predicted molar refractivity (Wildman–Crippen MR) is 77.9 cm³/mol. The van der Waals surface area contributed by atoms with Gasteiger partial charge in [0.1, 0.15) is 0 Å². The van der Waals surface area contributed by atoms with Gasteiger partial charge >= 0.3 is 0 Å². The van der Waals surface area contributed by atoms with E-state index in [9.17, 15) is 4.79 Å². The van der Waals surface area contributed by atoms with E-state index in [1.807, 2.05) is 25.6 Å². The number of hydrogen-bond acceptors (Lipinski definition) is 3. The second-order valence-corrected chi connectivity index (χ2v) is 7.10. The quantitative estimate of drug-likeness (QED) is 0.822. The molecular weight excluding hydrogens is 244 g/mol. The molecule has 1 amide bonds. The van der Waals surface area contributed by atoms with Gasteiger partial charge in [0.15, 0.2) is 0 Å². The lowest BCUT2D eigenvalue weighted by Gasteiger charge is -2.31. The maximum absolute atomic E-state index is 12.0. The van der Waals surface area contributed by atoms with Gasteiger partial charge in [0.25, 0.3) is 0 Å². The summed E-state index contributed by atoms with van der Waals surface area (Å²) in [6.07, 6.45) is 5.82. The Morgan fingerprint density at radius 1 is 1.22 bits per heavy atom. The smallest absolute Gasteiger partial charge is 0.223 e. The van der Waals surface area contributed by atoms with Crippen molar-refractivity contribution in [1.82, 2.24) is 10.6 Å². The van der Waals surface area contributed by atoms with Crippen LogP contribution in [0.25, 0.3) is 0 Å². The van der Waals surface area contributed by atoms with Crippen molar-refractivity contribution in [2.24, 2.45) is 5.92 Å². The molecule has 1 saturated carbocycles. The van der Waals surface area contributed by atoms with Crippen LogP contribution < -0.4 is 10.6 Å². The zero-order chi connectivity index (χ0) is 13.0. The molecule has 1 heterocycles. The van der Waals surface area contributed by atoms with Crippen LogP contribution in [0.5, 0.6) is 0 Å². The lowest BCUT2D eigenvalue weighted by atomic mass is 9.84. The summed E-state index contributed by atoms with van der Waals surface area (Å²) in [5.41, 5.74) is 0. The Morgan fingerprint density at radius 2 is 2.06 bits per heavy atom. The number of carbonyl (C=O) groups excluding carboxylic acids is 1. The molecule has 0 bridgehead atoms. The van der Waals surface area contributed by atoms with Gasteiger partial charge in [-0.05, 0) is 45.3 Å². The minimum Gasteiger partial charge on any atom is -0.354 e. The van der Waals surface area contributed by atoms with Crippen molar-refractivity contribution in [3.63, 3.8) is 0 Å². The predicted octanol–water partition coefficient (Wildman–Crippen LogP) is 2.16. The summed E-state index contributed by atoms with van der Waals surface area (Å²) in [6.45, 7) is 4.07. The third-order valence-electron chi connectivity index (χ3n) is 3.88. The fraction of sp³-hybridized carbons (Fsp3) is 0.929. The zero-order valence-corrected chi connectivity index (χ0v) is 12.4. The van der Waals surface area contributed by atoms with Crippen LogP contribution in [0, 0.1) is 5.92 Å². The summed E-state index contributed by atoms with van der Waals surface area (Å²) < 4.78 is 0. The minimum absolute atomic E-state index is 0.229. The van der Waals surface area contributed by atoms with Crippen LogP contribution >= 0.6 is 11.8 Å². The Morgan fingerprint density at radius 3 is 2.72 bits per heavy atom. The molecular formula is C14H26N2OS. The molecule has 18 heavy (non-hydrogen) atoms. The first-order valence-electron chi connectivity index (χ1n) is 7.29. The Bertz CT molecular complexity index is 277. The second-order valence-electron chi connectivity index (χ2n) is 5.95. The highest BCUT2D eigenvalue weighted by atomic mass is 32.2. The van der Waals surface area contributed by atoms with Gasteiger partial charge in [0.05, 0.1) is 0 Å². The van der Waals surface area contributed by atoms with Crippen molar-refractivity contribution in [3.8, 4) is 0 Å². The third-order valence-corrected chi connectivity index (χ3v) is 5.04. The summed E-state index contributed by atoms with van der Waals surface area (Å²) in [5.74, 6) is 3.03. The lowest BCUT2D eigenvalue weighted by molar-refractivity contribution is -0.126. The van der Waals surface area contributed by atoms with Crippen LogP contribution in [0.1, 0.15) is 46.0 Å². The van der Waals surface area contributed by atoms with E-state index in [4.69, 9.17) is 0 Å². The first-order chi connectivity index (χ1) is 8.65. The fourth-order valence-electron chi connectivity index (χ4n) is 2.98. The third kappa shape index (κ3) is 4.16. The Labute approximate surface area is 115 Å². The van der Waals surface area contributed by atoms with Crippen LogP contribution in [0.3, 0.4) is 0 Å². The molecule has 1 aliphatic carbocycles. The van der Waals surface area contributed by atoms with Gasteiger partial charge in [-0.2, -0.15) is 11.8 Å². The van der Waals surface area contributed by atoms with Crippen molar-refractivity contribution in [2.45, 2.75) is 64.1 Å². The van der Waals surface area contributed by atoms with Gasteiger partial charge in [-0.25, -0.2) is 0 Å². The van der Waals surface area contributed by atoms with Gasteiger partial charge in [-0.1, -0.05) is 6.42 Å². The van der Waals surface area contributed by atoms with Crippen LogP contribution in [-0.4, -0.2) is 35.5 Å². The average Bonchev–Trinajstić information content (AvgIpc) is 2.81. The molecule has 2 aliphatic rings. The molecule has 3 atom stereocenters. The van der Waals surface area contributed by atoms with Crippen molar-refractivity contribution < 1.29 is 4.79 Å². The summed E-state index contributed by atoms with van der Waals surface area (Å²) >= 11 is 2.04.